The van der Waals surface area contributed by atoms with E-state index in [-0.39, 0.29) is 5.97 Å². The molecule has 0 aromatic carbocycles. The molecule has 0 radical (unpaired) electrons. The minimum absolute atomic E-state index is 0.0970. The maximum atomic E-state index is 11.9. The maximum Gasteiger partial charge on any atom is 0.305 e. The van der Waals surface area contributed by atoms with Crippen molar-refractivity contribution in [3.05, 3.63) is 0 Å². The van der Waals surface area contributed by atoms with E-state index in [0.717, 1.165) is 25.9 Å². The molecule has 0 heterocycles. The monoisotopic (exact) mass is 627 g/mol. The van der Waals surface area contributed by atoms with Gasteiger partial charge in [-0.3, -0.25) is 4.79 Å². The Morgan fingerprint density at radius 1 is 0.318 bits per heavy atom. The summed E-state index contributed by atoms with van der Waals surface area (Å²) in [6.07, 6.45) is 38.4. The molecule has 0 aromatic heterocycles. The van der Waals surface area contributed by atoms with Crippen LogP contribution < -0.4 is 0 Å². The Morgan fingerprint density at radius 3 is 0.955 bits per heavy atom. The number of hydrogen-bond acceptors (Lipinski definition) is 5. The molecular weight excluding hydrogens is 548 g/mol. The number of unbranched alkanes of at least 4 members (excludes halogenated alkanes) is 26. The number of hydrogen-bond donors (Lipinski definition) is 0. The van der Waals surface area contributed by atoms with Crippen molar-refractivity contribution in [3.63, 3.8) is 0 Å². The smallest absolute Gasteiger partial charge is 0.305 e. The van der Waals surface area contributed by atoms with Gasteiger partial charge in [-0.2, -0.15) is 0 Å². The predicted molar refractivity (Wildman–Crippen MR) is 189 cm³/mol. The van der Waals surface area contributed by atoms with Gasteiger partial charge in [0.1, 0.15) is 6.61 Å². The molecule has 5 heteroatoms. The van der Waals surface area contributed by atoms with E-state index in [2.05, 4.69) is 13.8 Å². The first-order valence-electron chi connectivity index (χ1n) is 19.7. The molecule has 0 N–H and O–H groups in total. The van der Waals surface area contributed by atoms with Crippen molar-refractivity contribution in [3.8, 4) is 0 Å². The zero-order valence-corrected chi connectivity index (χ0v) is 30.0. The molecule has 0 saturated heterocycles. The minimum atomic E-state index is -0.0970. The first kappa shape index (κ1) is 43.4. The van der Waals surface area contributed by atoms with Gasteiger partial charge in [0.15, 0.2) is 0 Å². The second kappa shape index (κ2) is 40.4. The number of rotatable bonds is 39. The summed E-state index contributed by atoms with van der Waals surface area (Å²) in [7, 11) is 0. The largest absolute Gasteiger partial charge is 0.463 e. The van der Waals surface area contributed by atoms with E-state index in [1.54, 1.807) is 0 Å². The minimum Gasteiger partial charge on any atom is -0.463 e. The van der Waals surface area contributed by atoms with Crippen LogP contribution in [0.25, 0.3) is 0 Å². The fraction of sp³-hybridized carbons (Fsp3) is 0.974. The molecule has 0 bridgehead atoms. The van der Waals surface area contributed by atoms with Crippen molar-refractivity contribution in [1.82, 2.24) is 0 Å². The Balaban J connectivity index is 3.13. The topological polar surface area (TPSA) is 54.0 Å². The van der Waals surface area contributed by atoms with Gasteiger partial charge in [-0.15, -0.1) is 0 Å². The van der Waals surface area contributed by atoms with E-state index in [4.69, 9.17) is 18.9 Å². The van der Waals surface area contributed by atoms with Crippen molar-refractivity contribution in [2.45, 2.75) is 200 Å². The zero-order valence-electron chi connectivity index (χ0n) is 30.0. The Bertz CT molecular complexity index is 527. The average molecular weight is 627 g/mol. The third kappa shape index (κ3) is 39.4. The third-order valence-electron chi connectivity index (χ3n) is 8.61. The van der Waals surface area contributed by atoms with Crippen LogP contribution in [0, 0.1) is 0 Å². The average Bonchev–Trinajstić information content (AvgIpc) is 3.03. The Hall–Kier alpha value is -0.650. The maximum absolute atomic E-state index is 11.9. The normalized spacial score (nSPS) is 11.4. The molecule has 264 valence electrons. The van der Waals surface area contributed by atoms with Crippen molar-refractivity contribution in [1.29, 1.82) is 0 Å². The van der Waals surface area contributed by atoms with E-state index < -0.39 is 0 Å². The Labute approximate surface area is 275 Å². The van der Waals surface area contributed by atoms with Crippen molar-refractivity contribution >= 4 is 5.97 Å². The summed E-state index contributed by atoms with van der Waals surface area (Å²) in [5, 5.41) is 0. The number of ether oxygens (including phenoxy) is 4. The Kier molecular flexibility index (Phi) is 39.8. The SMILES string of the molecule is CCCCCCCCCCCCCCCCCC(=O)OCCOCCOCCOCCCCCCCCCCCCCCC. The van der Waals surface area contributed by atoms with Crippen LogP contribution in [0.4, 0.5) is 0 Å². The van der Waals surface area contributed by atoms with Gasteiger partial charge in [0, 0.05) is 13.0 Å². The molecule has 0 fully saturated rings. The van der Waals surface area contributed by atoms with E-state index in [1.165, 1.54) is 161 Å². The van der Waals surface area contributed by atoms with Crippen LogP contribution in [0.5, 0.6) is 0 Å². The van der Waals surface area contributed by atoms with Gasteiger partial charge in [0.25, 0.3) is 0 Å². The van der Waals surface area contributed by atoms with Crippen LogP contribution in [-0.2, 0) is 23.7 Å². The molecule has 0 aliphatic heterocycles. The fourth-order valence-electron chi connectivity index (χ4n) is 5.69. The molecule has 0 atom stereocenters. The molecule has 0 saturated carbocycles. The zero-order chi connectivity index (χ0) is 31.9. The summed E-state index contributed by atoms with van der Waals surface area (Å²) in [6, 6.07) is 0. The highest BCUT2D eigenvalue weighted by atomic mass is 16.6. The number of carbonyl (C=O) groups is 1. The molecule has 0 aromatic rings. The molecule has 0 unspecified atom stereocenters. The summed E-state index contributed by atoms with van der Waals surface area (Å²) >= 11 is 0. The van der Waals surface area contributed by atoms with Gasteiger partial charge in [0.05, 0.1) is 33.0 Å². The second-order valence-corrected chi connectivity index (χ2v) is 13.0. The van der Waals surface area contributed by atoms with Crippen LogP contribution >= 0.6 is 0 Å². The molecule has 0 spiro atoms. The van der Waals surface area contributed by atoms with Gasteiger partial charge in [-0.05, 0) is 12.8 Å². The lowest BCUT2D eigenvalue weighted by Gasteiger charge is -2.08. The highest BCUT2D eigenvalue weighted by Gasteiger charge is 2.03. The fourth-order valence-corrected chi connectivity index (χ4v) is 5.69. The van der Waals surface area contributed by atoms with E-state index in [0.29, 0.717) is 46.1 Å². The van der Waals surface area contributed by atoms with Crippen LogP contribution in [0.3, 0.4) is 0 Å². The standard InChI is InChI=1S/C39H78O5/c1-3-5-7-9-11-13-15-17-18-19-21-23-25-27-29-31-39(40)44-38-37-43-36-35-42-34-33-41-32-30-28-26-24-22-20-16-14-12-10-8-6-4-2/h3-38H2,1-2H3. The summed E-state index contributed by atoms with van der Waals surface area (Å²) < 4.78 is 22.0. The lowest BCUT2D eigenvalue weighted by Crippen LogP contribution is -2.14. The summed E-state index contributed by atoms with van der Waals surface area (Å²) in [5.74, 6) is -0.0970. The molecule has 0 aliphatic rings. The van der Waals surface area contributed by atoms with E-state index >= 15 is 0 Å². The third-order valence-corrected chi connectivity index (χ3v) is 8.61. The van der Waals surface area contributed by atoms with Gasteiger partial charge in [-0.1, -0.05) is 181 Å². The molecule has 5 nitrogen and oxygen atoms in total. The first-order valence-corrected chi connectivity index (χ1v) is 19.7. The molecule has 0 aliphatic carbocycles. The van der Waals surface area contributed by atoms with Crippen LogP contribution in [0.1, 0.15) is 200 Å². The van der Waals surface area contributed by atoms with Crippen LogP contribution in [-0.4, -0.2) is 52.2 Å². The van der Waals surface area contributed by atoms with Gasteiger partial charge in [-0.25, -0.2) is 0 Å². The molecule has 0 amide bonds. The highest BCUT2D eigenvalue weighted by molar-refractivity contribution is 5.69. The second-order valence-electron chi connectivity index (χ2n) is 13.0. The number of carbonyl (C=O) groups excluding carboxylic acids is 1. The van der Waals surface area contributed by atoms with Gasteiger partial charge >= 0.3 is 5.97 Å². The van der Waals surface area contributed by atoms with Gasteiger partial charge < -0.3 is 18.9 Å². The quantitative estimate of drug-likeness (QED) is 0.0502. The van der Waals surface area contributed by atoms with Crippen molar-refractivity contribution < 1.29 is 23.7 Å². The van der Waals surface area contributed by atoms with E-state index in [1.807, 2.05) is 0 Å². The van der Waals surface area contributed by atoms with Crippen LogP contribution in [0.15, 0.2) is 0 Å². The van der Waals surface area contributed by atoms with E-state index in [9.17, 15) is 4.79 Å². The summed E-state index contributed by atoms with van der Waals surface area (Å²) in [4.78, 5) is 11.9. The Morgan fingerprint density at radius 2 is 0.591 bits per heavy atom. The lowest BCUT2D eigenvalue weighted by atomic mass is 10.0. The van der Waals surface area contributed by atoms with Crippen molar-refractivity contribution in [2.75, 3.05) is 46.2 Å². The van der Waals surface area contributed by atoms with Gasteiger partial charge in [0.2, 0.25) is 0 Å². The highest BCUT2D eigenvalue weighted by Crippen LogP contribution is 2.14. The number of esters is 1. The molecular formula is C39H78O5. The summed E-state index contributed by atoms with van der Waals surface area (Å²) in [5.41, 5.74) is 0. The first-order chi connectivity index (χ1) is 21.8. The lowest BCUT2D eigenvalue weighted by molar-refractivity contribution is -0.145. The predicted octanol–water partition coefficient (Wildman–Crippen LogP) is 11.9. The summed E-state index contributed by atoms with van der Waals surface area (Å²) in [6.45, 7) is 8.50. The van der Waals surface area contributed by atoms with Crippen molar-refractivity contribution in [2.24, 2.45) is 0 Å². The molecule has 0 rings (SSSR count). The molecule has 44 heavy (non-hydrogen) atoms. The van der Waals surface area contributed by atoms with Crippen LogP contribution in [0.2, 0.25) is 0 Å².